The summed E-state index contributed by atoms with van der Waals surface area (Å²) in [4.78, 5) is 41.6. The molecular weight excluding hydrogens is 489 g/mol. The van der Waals surface area contributed by atoms with E-state index in [1.807, 2.05) is 13.8 Å². The molecular formula is C25H31ClFN5O4. The van der Waals surface area contributed by atoms with Gasteiger partial charge in [-0.2, -0.15) is 0 Å². The van der Waals surface area contributed by atoms with Crippen LogP contribution in [0.1, 0.15) is 19.4 Å². The maximum atomic E-state index is 13.2. The predicted molar refractivity (Wildman–Crippen MR) is 135 cm³/mol. The fraction of sp³-hybridized carbons (Fsp3) is 0.400. The van der Waals surface area contributed by atoms with Crippen LogP contribution in [0.2, 0.25) is 5.02 Å². The van der Waals surface area contributed by atoms with Crippen molar-refractivity contribution in [2.45, 2.75) is 32.5 Å². The predicted octanol–water partition coefficient (Wildman–Crippen LogP) is 2.93. The summed E-state index contributed by atoms with van der Waals surface area (Å²) in [7, 11) is 1.40. The Labute approximate surface area is 214 Å². The Morgan fingerprint density at radius 2 is 1.83 bits per heavy atom. The number of halogens is 2. The van der Waals surface area contributed by atoms with E-state index >= 15 is 0 Å². The molecule has 1 aliphatic heterocycles. The van der Waals surface area contributed by atoms with Crippen LogP contribution in [0, 0.1) is 5.82 Å². The van der Waals surface area contributed by atoms with E-state index < -0.39 is 11.9 Å². The van der Waals surface area contributed by atoms with Gasteiger partial charge in [-0.25, -0.2) is 9.18 Å². The van der Waals surface area contributed by atoms with Gasteiger partial charge in [0.2, 0.25) is 5.91 Å². The molecule has 1 aliphatic rings. The summed E-state index contributed by atoms with van der Waals surface area (Å²) in [5.74, 6) is -0.665. The van der Waals surface area contributed by atoms with E-state index in [9.17, 15) is 18.8 Å². The van der Waals surface area contributed by atoms with E-state index in [1.54, 1.807) is 29.2 Å². The largest absolute Gasteiger partial charge is 0.482 e. The summed E-state index contributed by atoms with van der Waals surface area (Å²) >= 11 is 6.07. The fourth-order valence-corrected chi connectivity index (χ4v) is 4.19. The number of nitrogens with one attached hydrogen (secondary N) is 1. The molecule has 0 radical (unpaired) electrons. The minimum Gasteiger partial charge on any atom is -0.482 e. The molecule has 2 aromatic carbocycles. The lowest BCUT2D eigenvalue weighted by Crippen LogP contribution is -2.58. The lowest BCUT2D eigenvalue weighted by atomic mass is 10.1. The van der Waals surface area contributed by atoms with Crippen molar-refractivity contribution in [1.82, 2.24) is 14.7 Å². The molecule has 1 heterocycles. The molecule has 3 N–H and O–H groups in total. The minimum atomic E-state index is -0.737. The van der Waals surface area contributed by atoms with Gasteiger partial charge >= 0.3 is 6.03 Å². The van der Waals surface area contributed by atoms with E-state index in [0.29, 0.717) is 24.7 Å². The van der Waals surface area contributed by atoms with Crippen molar-refractivity contribution in [1.29, 1.82) is 0 Å². The number of rotatable bonds is 8. The standard InChI is InChI=1S/C25H31ClFN5O4/c1-16-12-32(17(2)11-31(16)13-18-4-7-20(27)8-5-18)24(34)15-36-22-9-6-19(26)10-21(22)29-23(33)14-30(3)25(28)35/h4-10,16-17H,11-15H2,1-3H3,(H2,28,35)(H,29,33)/t16-,17+/m0/s1. The molecule has 3 rings (SSSR count). The van der Waals surface area contributed by atoms with Gasteiger partial charge in [-0.1, -0.05) is 23.7 Å². The van der Waals surface area contributed by atoms with Gasteiger partial charge in [-0.05, 0) is 49.7 Å². The molecule has 0 aromatic heterocycles. The quantitative estimate of drug-likeness (QED) is 0.557. The van der Waals surface area contributed by atoms with E-state index in [0.717, 1.165) is 10.5 Å². The Balaban J connectivity index is 1.59. The second-order valence-electron chi connectivity index (χ2n) is 8.97. The SMILES string of the molecule is C[C@@H]1CN(Cc2ccc(F)cc2)[C@@H](C)CN1C(=O)COc1ccc(Cl)cc1NC(=O)CN(C)C(N)=O. The Kier molecular flexibility index (Phi) is 9.11. The molecule has 2 atom stereocenters. The third kappa shape index (κ3) is 7.32. The number of benzene rings is 2. The third-order valence-electron chi connectivity index (χ3n) is 6.06. The molecule has 0 unspecified atom stereocenters. The van der Waals surface area contributed by atoms with Crippen LogP contribution in [-0.4, -0.2) is 77.9 Å². The molecule has 4 amide bonds. The lowest BCUT2D eigenvalue weighted by molar-refractivity contribution is -0.139. The van der Waals surface area contributed by atoms with Crippen molar-refractivity contribution < 1.29 is 23.5 Å². The second-order valence-corrected chi connectivity index (χ2v) is 9.41. The average molecular weight is 520 g/mol. The first-order valence-electron chi connectivity index (χ1n) is 11.5. The number of piperazine rings is 1. The molecule has 194 valence electrons. The zero-order valence-corrected chi connectivity index (χ0v) is 21.3. The molecule has 36 heavy (non-hydrogen) atoms. The van der Waals surface area contributed by atoms with Crippen LogP contribution in [0.4, 0.5) is 14.9 Å². The molecule has 1 fully saturated rings. The van der Waals surface area contributed by atoms with Crippen molar-refractivity contribution in [2.75, 3.05) is 38.6 Å². The number of primary amides is 1. The highest BCUT2D eigenvalue weighted by molar-refractivity contribution is 6.31. The monoisotopic (exact) mass is 519 g/mol. The first-order valence-corrected chi connectivity index (χ1v) is 11.9. The Hall–Kier alpha value is -3.37. The number of anilines is 1. The summed E-state index contributed by atoms with van der Waals surface area (Å²) < 4.78 is 19.0. The zero-order chi connectivity index (χ0) is 26.4. The normalized spacial score (nSPS) is 18.0. The van der Waals surface area contributed by atoms with Gasteiger partial charge in [-0.3, -0.25) is 14.5 Å². The number of nitrogens with zero attached hydrogens (tertiary/aromatic N) is 3. The van der Waals surface area contributed by atoms with Crippen molar-refractivity contribution in [2.24, 2.45) is 5.73 Å². The first-order chi connectivity index (χ1) is 17.0. The zero-order valence-electron chi connectivity index (χ0n) is 20.5. The summed E-state index contributed by atoms with van der Waals surface area (Å²) in [6.07, 6.45) is 0. The number of urea groups is 1. The van der Waals surface area contributed by atoms with E-state index in [-0.39, 0.29) is 48.4 Å². The number of carbonyl (C=O) groups is 3. The van der Waals surface area contributed by atoms with Crippen molar-refractivity contribution in [3.05, 3.63) is 58.9 Å². The number of ether oxygens (including phenoxy) is 1. The van der Waals surface area contributed by atoms with Crippen molar-refractivity contribution >= 4 is 35.1 Å². The van der Waals surface area contributed by atoms with E-state index in [1.165, 1.54) is 25.2 Å². The van der Waals surface area contributed by atoms with Crippen molar-refractivity contribution in [3.63, 3.8) is 0 Å². The summed E-state index contributed by atoms with van der Waals surface area (Å²) in [5.41, 5.74) is 6.45. The average Bonchev–Trinajstić information content (AvgIpc) is 2.81. The van der Waals surface area contributed by atoms with Gasteiger partial charge in [0, 0.05) is 43.8 Å². The van der Waals surface area contributed by atoms with Crippen LogP contribution in [0.15, 0.2) is 42.5 Å². The number of nitrogens with two attached hydrogens (primary N) is 1. The molecule has 0 bridgehead atoms. The summed E-state index contributed by atoms with van der Waals surface area (Å²) in [5, 5.41) is 3.00. The lowest BCUT2D eigenvalue weighted by Gasteiger charge is -2.44. The highest BCUT2D eigenvalue weighted by Crippen LogP contribution is 2.28. The summed E-state index contributed by atoms with van der Waals surface area (Å²) in [6, 6.07) is 10.4. The van der Waals surface area contributed by atoms with Gasteiger partial charge in [0.1, 0.15) is 18.1 Å². The highest BCUT2D eigenvalue weighted by Gasteiger charge is 2.32. The Morgan fingerprint density at radius 1 is 1.14 bits per heavy atom. The maximum absolute atomic E-state index is 13.2. The van der Waals surface area contributed by atoms with E-state index in [4.69, 9.17) is 22.1 Å². The molecule has 0 saturated carbocycles. The maximum Gasteiger partial charge on any atom is 0.314 e. The highest BCUT2D eigenvalue weighted by atomic mass is 35.5. The van der Waals surface area contributed by atoms with Gasteiger partial charge in [0.25, 0.3) is 5.91 Å². The third-order valence-corrected chi connectivity index (χ3v) is 6.29. The Bertz CT molecular complexity index is 1100. The van der Waals surface area contributed by atoms with Crippen molar-refractivity contribution in [3.8, 4) is 5.75 Å². The number of hydrogen-bond acceptors (Lipinski definition) is 5. The number of amides is 4. The smallest absolute Gasteiger partial charge is 0.314 e. The number of carbonyl (C=O) groups excluding carboxylic acids is 3. The molecule has 0 spiro atoms. The van der Waals surface area contributed by atoms with Crippen LogP contribution in [0.5, 0.6) is 5.75 Å². The number of hydrogen-bond donors (Lipinski definition) is 2. The van der Waals surface area contributed by atoms with E-state index in [2.05, 4.69) is 10.2 Å². The molecule has 9 nitrogen and oxygen atoms in total. The topological polar surface area (TPSA) is 108 Å². The van der Waals surface area contributed by atoms with Crippen LogP contribution in [-0.2, 0) is 16.1 Å². The molecule has 1 saturated heterocycles. The molecule has 11 heteroatoms. The summed E-state index contributed by atoms with van der Waals surface area (Å²) in [6.45, 7) is 5.41. The van der Waals surface area contributed by atoms with Crippen LogP contribution >= 0.6 is 11.6 Å². The van der Waals surface area contributed by atoms with Gasteiger partial charge in [0.15, 0.2) is 6.61 Å². The first kappa shape index (κ1) is 27.2. The molecule has 2 aromatic rings. The minimum absolute atomic E-state index is 0.0496. The van der Waals surface area contributed by atoms with Gasteiger partial charge < -0.3 is 25.6 Å². The van der Waals surface area contributed by atoms with Crippen LogP contribution < -0.4 is 15.8 Å². The van der Waals surface area contributed by atoms with Crippen LogP contribution in [0.3, 0.4) is 0 Å². The van der Waals surface area contributed by atoms with Gasteiger partial charge in [0.05, 0.1) is 5.69 Å². The van der Waals surface area contributed by atoms with Crippen LogP contribution in [0.25, 0.3) is 0 Å². The fourth-order valence-electron chi connectivity index (χ4n) is 4.02. The second kappa shape index (κ2) is 12.0. The Morgan fingerprint density at radius 3 is 2.50 bits per heavy atom. The van der Waals surface area contributed by atoms with Gasteiger partial charge in [-0.15, -0.1) is 0 Å². The number of likely N-dealkylation sites (N-methyl/N-ethyl adjacent to an activating group) is 1. The molecule has 0 aliphatic carbocycles.